The lowest BCUT2D eigenvalue weighted by molar-refractivity contribution is 0.154. The van der Waals surface area contributed by atoms with Gasteiger partial charge in [0.25, 0.3) is 11.0 Å². The molecule has 2 aromatic rings. The highest BCUT2D eigenvalue weighted by molar-refractivity contribution is 7.67. The monoisotopic (exact) mass is 514 g/mol. The van der Waals surface area contributed by atoms with Crippen molar-refractivity contribution in [3.05, 3.63) is 42.2 Å². The summed E-state index contributed by atoms with van der Waals surface area (Å²) in [7, 11) is -2.83. The molecule has 1 aromatic carbocycles. The molecule has 0 spiro atoms. The highest BCUT2D eigenvalue weighted by Gasteiger charge is 2.27. The predicted octanol–water partition coefficient (Wildman–Crippen LogP) is 3.40. The maximum Gasteiger partial charge on any atom is 0.258 e. The normalized spacial score (nSPS) is 22.4. The van der Waals surface area contributed by atoms with Gasteiger partial charge in [-0.25, -0.2) is 13.4 Å². The van der Waals surface area contributed by atoms with Crippen molar-refractivity contribution in [1.82, 2.24) is 20.2 Å². The van der Waals surface area contributed by atoms with Gasteiger partial charge in [0.1, 0.15) is 12.5 Å². The summed E-state index contributed by atoms with van der Waals surface area (Å²) in [6.07, 6.45) is 13.6. The van der Waals surface area contributed by atoms with Crippen LogP contribution in [0.25, 0.3) is 0 Å². The molecule has 10 heteroatoms. The molecule has 3 heterocycles. The van der Waals surface area contributed by atoms with Crippen molar-refractivity contribution in [2.24, 2.45) is 0 Å². The zero-order valence-corrected chi connectivity index (χ0v) is 21.7. The molecular weight excluding hydrogens is 476 g/mol. The molecule has 3 aliphatic rings. The van der Waals surface area contributed by atoms with E-state index < -0.39 is 11.0 Å². The summed E-state index contributed by atoms with van der Waals surface area (Å²) in [6, 6.07) is 9.79. The molecule has 0 amide bonds. The van der Waals surface area contributed by atoms with Gasteiger partial charge < -0.3 is 15.1 Å². The molecule has 196 valence electrons. The fraction of sp³-hybridized carbons (Fsp3) is 0.615. The van der Waals surface area contributed by atoms with E-state index in [1.54, 1.807) is 12.4 Å². The van der Waals surface area contributed by atoms with Crippen LogP contribution in [-0.2, 0) is 15.2 Å². The Morgan fingerprint density at radius 2 is 1.72 bits per heavy atom. The summed E-state index contributed by atoms with van der Waals surface area (Å²) < 4.78 is 25.8. The molecule has 2 saturated heterocycles. The predicted molar refractivity (Wildman–Crippen MR) is 142 cm³/mol. The van der Waals surface area contributed by atoms with E-state index in [0.717, 1.165) is 43.5 Å². The van der Waals surface area contributed by atoms with Gasteiger partial charge in [-0.05, 0) is 75.2 Å². The van der Waals surface area contributed by atoms with E-state index in [1.807, 2.05) is 0 Å². The first kappa shape index (κ1) is 25.4. The molecule has 0 bridgehead atoms. The van der Waals surface area contributed by atoms with E-state index in [4.69, 9.17) is 4.98 Å². The van der Waals surface area contributed by atoms with E-state index in [2.05, 4.69) is 53.9 Å². The molecule has 2 aliphatic heterocycles. The van der Waals surface area contributed by atoms with Crippen molar-refractivity contribution in [2.45, 2.75) is 69.4 Å². The highest BCUT2D eigenvalue weighted by atomic mass is 32.2. The molecular formula is C26H38N6O3S. The number of rotatable bonds is 9. The van der Waals surface area contributed by atoms with Crippen LogP contribution in [0, 0.1) is 0 Å². The van der Waals surface area contributed by atoms with Gasteiger partial charge in [-0.1, -0.05) is 25.0 Å². The number of nitrogens with one attached hydrogen (secondary N) is 2. The van der Waals surface area contributed by atoms with E-state index >= 15 is 0 Å². The zero-order valence-electron chi connectivity index (χ0n) is 20.8. The second-order valence-electron chi connectivity index (χ2n) is 10.2. The fourth-order valence-corrected chi connectivity index (χ4v) is 6.16. The Balaban J connectivity index is 1.14. The Hall–Kier alpha value is -2.27. The summed E-state index contributed by atoms with van der Waals surface area (Å²) in [5, 5.41) is 6.55. The Kier molecular flexibility index (Phi) is 8.68. The number of thiol groups is 1. The first-order chi connectivity index (χ1) is 17.6. The van der Waals surface area contributed by atoms with Gasteiger partial charge in [-0.15, -0.1) is 0 Å². The Labute approximate surface area is 215 Å². The van der Waals surface area contributed by atoms with Crippen LogP contribution in [-0.4, -0.2) is 68.3 Å². The van der Waals surface area contributed by atoms with E-state index in [-0.39, 0.29) is 12.8 Å². The molecule has 5 rings (SSSR count). The van der Waals surface area contributed by atoms with Crippen molar-refractivity contribution in [3.63, 3.8) is 0 Å². The van der Waals surface area contributed by atoms with Gasteiger partial charge in [-0.3, -0.25) is 14.5 Å². The van der Waals surface area contributed by atoms with Gasteiger partial charge in [-0.2, -0.15) is 0 Å². The van der Waals surface area contributed by atoms with Crippen LogP contribution in [0.15, 0.2) is 36.7 Å². The van der Waals surface area contributed by atoms with Gasteiger partial charge in [0.15, 0.2) is 5.82 Å². The third-order valence-corrected chi connectivity index (χ3v) is 8.27. The smallest absolute Gasteiger partial charge is 0.258 e. The molecule has 1 aliphatic carbocycles. The van der Waals surface area contributed by atoms with Crippen LogP contribution in [0.3, 0.4) is 0 Å². The molecule has 0 unspecified atom stereocenters. The average Bonchev–Trinajstić information content (AvgIpc) is 3.45. The van der Waals surface area contributed by atoms with Gasteiger partial charge in [0, 0.05) is 30.9 Å². The van der Waals surface area contributed by atoms with Crippen molar-refractivity contribution in [2.75, 3.05) is 43.1 Å². The minimum Gasteiger partial charge on any atom is -0.354 e. The van der Waals surface area contributed by atoms with Crippen LogP contribution in [0.1, 0.15) is 62.8 Å². The van der Waals surface area contributed by atoms with Crippen molar-refractivity contribution in [3.8, 4) is 0 Å². The quantitative estimate of drug-likeness (QED) is 0.343. The lowest BCUT2D eigenvalue weighted by Gasteiger charge is -2.36. The van der Waals surface area contributed by atoms with Crippen LogP contribution in [0.5, 0.6) is 0 Å². The standard InChI is InChI=1S/C26H38N6O3S/c33-36(34)35-19-28-23-4-3-13-32(18-23)26-17-27-16-25(30-26)29-22-9-7-20(8-10-22)21-11-14-31(15-12-21)24-5-1-2-6-24/h7-10,16-17,21,23-24,28,36H,1-6,11-15,18-19H2,(H,29,30)/t23-/m1/s1. The zero-order chi connectivity index (χ0) is 24.7. The molecule has 1 atom stereocenters. The Morgan fingerprint density at radius 1 is 0.944 bits per heavy atom. The van der Waals surface area contributed by atoms with E-state index in [1.165, 1.54) is 57.2 Å². The molecule has 1 saturated carbocycles. The molecule has 9 nitrogen and oxygen atoms in total. The third-order valence-electron chi connectivity index (χ3n) is 7.93. The Bertz CT molecular complexity index is 1040. The molecule has 36 heavy (non-hydrogen) atoms. The van der Waals surface area contributed by atoms with Crippen LogP contribution < -0.4 is 15.5 Å². The number of likely N-dealkylation sites (tertiary alicyclic amines) is 1. The second-order valence-corrected chi connectivity index (χ2v) is 10.9. The molecule has 2 N–H and O–H groups in total. The van der Waals surface area contributed by atoms with Crippen molar-refractivity contribution < 1.29 is 12.6 Å². The van der Waals surface area contributed by atoms with Gasteiger partial charge >= 0.3 is 0 Å². The number of benzene rings is 1. The maximum atomic E-state index is 10.6. The summed E-state index contributed by atoms with van der Waals surface area (Å²) in [4.78, 5) is 14.1. The van der Waals surface area contributed by atoms with Crippen LogP contribution in [0.2, 0.25) is 0 Å². The van der Waals surface area contributed by atoms with Gasteiger partial charge in [0.2, 0.25) is 0 Å². The summed E-state index contributed by atoms with van der Waals surface area (Å²) in [5.41, 5.74) is 2.44. The fourth-order valence-electron chi connectivity index (χ4n) is 5.98. The van der Waals surface area contributed by atoms with Crippen molar-refractivity contribution >= 4 is 28.3 Å². The lowest BCUT2D eigenvalue weighted by Crippen LogP contribution is -2.46. The van der Waals surface area contributed by atoms with Crippen LogP contribution >= 0.6 is 0 Å². The van der Waals surface area contributed by atoms with E-state index in [9.17, 15) is 8.42 Å². The minimum absolute atomic E-state index is 0.000110. The topological polar surface area (TPSA) is 99.7 Å². The Morgan fingerprint density at radius 3 is 2.47 bits per heavy atom. The highest BCUT2D eigenvalue weighted by Crippen LogP contribution is 2.33. The second kappa shape index (κ2) is 12.3. The molecule has 3 fully saturated rings. The summed E-state index contributed by atoms with van der Waals surface area (Å²) in [5.74, 6) is 2.18. The van der Waals surface area contributed by atoms with Crippen LogP contribution in [0.4, 0.5) is 17.3 Å². The average molecular weight is 515 g/mol. The van der Waals surface area contributed by atoms with Gasteiger partial charge in [0.05, 0.1) is 12.4 Å². The minimum atomic E-state index is -2.83. The molecule has 1 aromatic heterocycles. The van der Waals surface area contributed by atoms with E-state index in [0.29, 0.717) is 11.7 Å². The number of piperidine rings is 2. The number of aromatic nitrogens is 2. The summed E-state index contributed by atoms with van der Waals surface area (Å²) >= 11 is 0. The SMILES string of the molecule is O=[SH](=O)OCN[C@@H]1CCCN(c2cncc(Nc3ccc(C4CCN(C5CCCC5)CC4)cc3)n2)C1. The lowest BCUT2D eigenvalue weighted by atomic mass is 9.88. The summed E-state index contributed by atoms with van der Waals surface area (Å²) in [6.45, 7) is 4.08. The number of nitrogens with zero attached hydrogens (tertiary/aromatic N) is 4. The largest absolute Gasteiger partial charge is 0.354 e. The number of anilines is 3. The molecule has 0 radical (unpaired) electrons. The first-order valence-electron chi connectivity index (χ1n) is 13.3. The number of hydrogen-bond donors (Lipinski definition) is 3. The maximum absolute atomic E-state index is 10.6. The first-order valence-corrected chi connectivity index (χ1v) is 14.4. The number of hydrogen-bond acceptors (Lipinski definition) is 9. The third kappa shape index (κ3) is 6.73. The van der Waals surface area contributed by atoms with Crippen molar-refractivity contribution in [1.29, 1.82) is 0 Å².